The molecule has 0 saturated heterocycles. The number of aliphatic hydroxyl groups excluding tert-OH is 2. The van der Waals surface area contributed by atoms with Gasteiger partial charge in [-0.15, -0.1) is 0 Å². The highest BCUT2D eigenvalue weighted by Crippen LogP contribution is 2.65. The molecule has 3 unspecified atom stereocenters. The second-order valence-corrected chi connectivity index (χ2v) is 8.87. The summed E-state index contributed by atoms with van der Waals surface area (Å²) in [5.74, 6) is 1.49. The number of aliphatic hydroxyl groups is 2. The quantitative estimate of drug-likeness (QED) is 0.671. The van der Waals surface area contributed by atoms with Crippen molar-refractivity contribution in [2.24, 2.45) is 28.6 Å². The molecular formula is C19H29FO2. The third-order valence-corrected chi connectivity index (χ3v) is 8.02. The lowest BCUT2D eigenvalue weighted by Crippen LogP contribution is -2.51. The van der Waals surface area contributed by atoms with E-state index in [0.29, 0.717) is 24.2 Å². The van der Waals surface area contributed by atoms with E-state index in [2.05, 4.69) is 19.9 Å². The van der Waals surface area contributed by atoms with E-state index in [1.807, 2.05) is 0 Å². The number of alkyl halides is 1. The summed E-state index contributed by atoms with van der Waals surface area (Å²) in [6.45, 7) is 4.50. The number of halogens is 1. The second kappa shape index (κ2) is 4.80. The van der Waals surface area contributed by atoms with Gasteiger partial charge in [-0.3, -0.25) is 0 Å². The van der Waals surface area contributed by atoms with Crippen molar-refractivity contribution < 1.29 is 14.6 Å². The minimum atomic E-state index is -1.04. The number of rotatable bonds is 0. The number of hydrogen-bond donors (Lipinski definition) is 2. The van der Waals surface area contributed by atoms with Gasteiger partial charge in [-0.1, -0.05) is 25.5 Å². The number of allylic oxidation sites excluding steroid dienone is 1. The van der Waals surface area contributed by atoms with Crippen LogP contribution in [-0.4, -0.2) is 28.6 Å². The molecule has 22 heavy (non-hydrogen) atoms. The Balaban J connectivity index is 1.68. The molecule has 124 valence electrons. The molecule has 3 saturated carbocycles. The van der Waals surface area contributed by atoms with Crippen molar-refractivity contribution in [2.45, 2.75) is 77.2 Å². The van der Waals surface area contributed by atoms with E-state index in [9.17, 15) is 14.6 Å². The zero-order chi connectivity index (χ0) is 15.7. The monoisotopic (exact) mass is 308 g/mol. The first-order valence-corrected chi connectivity index (χ1v) is 9.07. The van der Waals surface area contributed by atoms with Gasteiger partial charge in [0.15, 0.2) is 0 Å². The van der Waals surface area contributed by atoms with Crippen molar-refractivity contribution in [2.75, 3.05) is 0 Å². The Bertz CT molecular complexity index is 504. The molecule has 0 radical (unpaired) electrons. The molecule has 0 bridgehead atoms. The lowest BCUT2D eigenvalue weighted by Gasteiger charge is -2.58. The van der Waals surface area contributed by atoms with Gasteiger partial charge in [0.25, 0.3) is 0 Å². The van der Waals surface area contributed by atoms with Gasteiger partial charge in [-0.2, -0.15) is 0 Å². The molecule has 0 aromatic rings. The van der Waals surface area contributed by atoms with Crippen LogP contribution in [-0.2, 0) is 0 Å². The van der Waals surface area contributed by atoms with E-state index in [4.69, 9.17) is 0 Å². The van der Waals surface area contributed by atoms with E-state index in [1.54, 1.807) is 0 Å². The zero-order valence-electron chi connectivity index (χ0n) is 13.8. The average molecular weight is 308 g/mol. The molecule has 8 atom stereocenters. The van der Waals surface area contributed by atoms with Crippen molar-refractivity contribution in [3.05, 3.63) is 11.6 Å². The zero-order valence-corrected chi connectivity index (χ0v) is 13.8. The van der Waals surface area contributed by atoms with Crippen LogP contribution in [0.2, 0.25) is 0 Å². The molecule has 2 nitrogen and oxygen atoms in total. The van der Waals surface area contributed by atoms with Crippen LogP contribution in [0, 0.1) is 28.6 Å². The van der Waals surface area contributed by atoms with E-state index in [1.165, 1.54) is 5.57 Å². The molecule has 0 aliphatic heterocycles. The van der Waals surface area contributed by atoms with Gasteiger partial charge in [0, 0.05) is 0 Å². The van der Waals surface area contributed by atoms with Crippen molar-refractivity contribution in [1.29, 1.82) is 0 Å². The van der Waals surface area contributed by atoms with Crippen LogP contribution in [0.15, 0.2) is 11.6 Å². The lowest BCUT2D eigenvalue weighted by molar-refractivity contribution is -0.0808. The summed E-state index contributed by atoms with van der Waals surface area (Å²) in [7, 11) is 0. The number of hydrogen-bond acceptors (Lipinski definition) is 2. The van der Waals surface area contributed by atoms with Crippen LogP contribution in [0.3, 0.4) is 0 Å². The van der Waals surface area contributed by atoms with Gasteiger partial charge in [0.1, 0.15) is 6.17 Å². The maximum Gasteiger partial charge on any atom is 0.127 e. The summed E-state index contributed by atoms with van der Waals surface area (Å²) in [6.07, 6.45) is 6.72. The summed E-state index contributed by atoms with van der Waals surface area (Å²) < 4.78 is 14.2. The fourth-order valence-electron chi connectivity index (χ4n) is 6.65. The van der Waals surface area contributed by atoms with Crippen LogP contribution in [0.5, 0.6) is 0 Å². The molecule has 0 aromatic heterocycles. The summed E-state index contributed by atoms with van der Waals surface area (Å²) in [4.78, 5) is 0. The SMILES string of the molecule is C[C@]12CCC(O)C=C1CC[C@@H]1[C@H]2CC[C@]2(C)C(O)C(F)C[C@@H]12. The first-order chi connectivity index (χ1) is 10.4. The molecule has 4 aliphatic rings. The van der Waals surface area contributed by atoms with Gasteiger partial charge in [-0.05, 0) is 73.5 Å². The summed E-state index contributed by atoms with van der Waals surface area (Å²) in [5.41, 5.74) is 1.43. The van der Waals surface area contributed by atoms with Crippen molar-refractivity contribution >= 4 is 0 Å². The Morgan fingerprint density at radius 1 is 1.09 bits per heavy atom. The van der Waals surface area contributed by atoms with Gasteiger partial charge in [0.2, 0.25) is 0 Å². The van der Waals surface area contributed by atoms with E-state index >= 15 is 0 Å². The molecule has 0 heterocycles. The minimum absolute atomic E-state index is 0.197. The number of fused-ring (bicyclic) bond motifs is 5. The third-order valence-electron chi connectivity index (χ3n) is 8.02. The molecule has 0 spiro atoms. The topological polar surface area (TPSA) is 40.5 Å². The van der Waals surface area contributed by atoms with Gasteiger partial charge in [-0.25, -0.2) is 4.39 Å². The molecular weight excluding hydrogens is 279 g/mol. The Morgan fingerprint density at radius 3 is 2.64 bits per heavy atom. The van der Waals surface area contributed by atoms with Crippen LogP contribution < -0.4 is 0 Å². The molecule has 0 aromatic carbocycles. The first kappa shape index (κ1) is 15.1. The average Bonchev–Trinajstić information content (AvgIpc) is 2.72. The smallest absolute Gasteiger partial charge is 0.127 e. The predicted octanol–water partition coefficient (Wildman–Crippen LogP) is 3.62. The summed E-state index contributed by atoms with van der Waals surface area (Å²) in [6, 6.07) is 0. The van der Waals surface area contributed by atoms with Gasteiger partial charge >= 0.3 is 0 Å². The standard InChI is InChI=1S/C19H29FO2/c1-18-7-5-12(21)9-11(18)3-4-13-14(18)6-8-19(2)15(13)10-16(20)17(19)22/h9,12-17,21-22H,3-8,10H2,1-2H3/t12?,13-,14-,15+,16?,17?,18+,19+/m1/s1. The molecule has 2 N–H and O–H groups in total. The highest BCUT2D eigenvalue weighted by molar-refractivity contribution is 5.25. The lowest BCUT2D eigenvalue weighted by atomic mass is 9.47. The van der Waals surface area contributed by atoms with E-state index < -0.39 is 12.3 Å². The van der Waals surface area contributed by atoms with E-state index in [-0.39, 0.29) is 16.9 Å². The van der Waals surface area contributed by atoms with E-state index in [0.717, 1.165) is 38.5 Å². The molecule has 0 amide bonds. The minimum Gasteiger partial charge on any atom is -0.390 e. The van der Waals surface area contributed by atoms with Crippen molar-refractivity contribution in [3.8, 4) is 0 Å². The summed E-state index contributed by atoms with van der Waals surface area (Å²) >= 11 is 0. The fourth-order valence-corrected chi connectivity index (χ4v) is 6.65. The van der Waals surface area contributed by atoms with Crippen LogP contribution in [0.1, 0.15) is 58.8 Å². The Kier molecular flexibility index (Phi) is 3.30. The van der Waals surface area contributed by atoms with Crippen molar-refractivity contribution in [1.82, 2.24) is 0 Å². The molecule has 3 fully saturated rings. The summed E-state index contributed by atoms with van der Waals surface area (Å²) in [5, 5.41) is 20.3. The highest BCUT2D eigenvalue weighted by Gasteiger charge is 2.61. The highest BCUT2D eigenvalue weighted by atomic mass is 19.1. The van der Waals surface area contributed by atoms with Gasteiger partial charge < -0.3 is 10.2 Å². The molecule has 4 aliphatic carbocycles. The normalized spacial score (nSPS) is 57.6. The van der Waals surface area contributed by atoms with Gasteiger partial charge in [0.05, 0.1) is 12.2 Å². The Morgan fingerprint density at radius 2 is 1.86 bits per heavy atom. The second-order valence-electron chi connectivity index (χ2n) is 8.87. The molecule has 3 heteroatoms. The van der Waals surface area contributed by atoms with Crippen molar-refractivity contribution in [3.63, 3.8) is 0 Å². The maximum absolute atomic E-state index is 14.2. The maximum atomic E-state index is 14.2. The largest absolute Gasteiger partial charge is 0.390 e. The fraction of sp³-hybridized carbons (Fsp3) is 0.895. The molecule has 4 rings (SSSR count). The third kappa shape index (κ3) is 1.84. The van der Waals surface area contributed by atoms with Crippen LogP contribution in [0.25, 0.3) is 0 Å². The predicted molar refractivity (Wildman–Crippen MR) is 84.0 cm³/mol. The van der Waals surface area contributed by atoms with Crippen LogP contribution >= 0.6 is 0 Å². The first-order valence-electron chi connectivity index (χ1n) is 9.07. The Hall–Kier alpha value is -0.410. The Labute approximate surface area is 132 Å². The van der Waals surface area contributed by atoms with Crippen LogP contribution in [0.4, 0.5) is 4.39 Å².